The van der Waals surface area contributed by atoms with Crippen LogP contribution in [0.3, 0.4) is 0 Å². The number of carbonyl (C=O) groups is 1. The number of aromatic nitrogens is 1. The summed E-state index contributed by atoms with van der Waals surface area (Å²) in [5.74, 6) is 0.144. The van der Waals surface area contributed by atoms with Gasteiger partial charge in [0.05, 0.1) is 11.6 Å². The van der Waals surface area contributed by atoms with Gasteiger partial charge in [0.25, 0.3) is 0 Å². The molecule has 2 fully saturated rings. The smallest absolute Gasteiger partial charge is 0.353 e. The minimum absolute atomic E-state index is 0.173. The Morgan fingerprint density at radius 1 is 1.32 bits per heavy atom. The van der Waals surface area contributed by atoms with E-state index in [9.17, 15) is 4.79 Å². The Labute approximate surface area is 135 Å². The van der Waals surface area contributed by atoms with Gasteiger partial charge in [0.2, 0.25) is 5.88 Å². The highest BCUT2D eigenvalue weighted by Crippen LogP contribution is 2.32. The molecule has 0 bridgehead atoms. The number of carbonyl (C=O) groups excluding carboxylic acids is 1. The van der Waals surface area contributed by atoms with Crippen molar-refractivity contribution in [3.05, 3.63) is 9.88 Å². The fourth-order valence-corrected chi connectivity index (χ4v) is 3.95. The summed E-state index contributed by atoms with van der Waals surface area (Å²) in [6.45, 7) is 6.59. The zero-order valence-corrected chi connectivity index (χ0v) is 14.2. The molecule has 2 aliphatic rings. The third-order valence-electron chi connectivity index (χ3n) is 4.49. The van der Waals surface area contributed by atoms with E-state index in [4.69, 9.17) is 9.47 Å². The first-order chi connectivity index (χ1) is 10.7. The van der Waals surface area contributed by atoms with Crippen molar-refractivity contribution in [2.24, 2.45) is 0 Å². The lowest BCUT2D eigenvalue weighted by molar-refractivity contribution is 0.0471. The van der Waals surface area contributed by atoms with Crippen LogP contribution in [0.5, 0.6) is 5.88 Å². The Kier molecular flexibility index (Phi) is 4.98. The van der Waals surface area contributed by atoms with Crippen LogP contribution in [-0.4, -0.2) is 47.7 Å². The van der Waals surface area contributed by atoms with E-state index in [1.165, 1.54) is 43.7 Å². The SMILES string of the molecule is CCOC(=O)c1sc(C)nc1OC1CCC(N2CCC2)CC1. The lowest BCUT2D eigenvalue weighted by Gasteiger charge is -2.41. The molecule has 0 aromatic carbocycles. The van der Waals surface area contributed by atoms with Gasteiger partial charge in [-0.25, -0.2) is 9.78 Å². The lowest BCUT2D eigenvalue weighted by atomic mass is 9.90. The second kappa shape index (κ2) is 6.96. The number of rotatable bonds is 5. The van der Waals surface area contributed by atoms with Crippen molar-refractivity contribution >= 4 is 17.3 Å². The fourth-order valence-electron chi connectivity index (χ4n) is 3.21. The predicted molar refractivity (Wildman–Crippen MR) is 85.7 cm³/mol. The van der Waals surface area contributed by atoms with Crippen LogP contribution in [0.1, 0.15) is 53.7 Å². The van der Waals surface area contributed by atoms with Gasteiger partial charge >= 0.3 is 5.97 Å². The van der Waals surface area contributed by atoms with Crippen molar-refractivity contribution < 1.29 is 14.3 Å². The van der Waals surface area contributed by atoms with Crippen LogP contribution in [0.4, 0.5) is 0 Å². The van der Waals surface area contributed by atoms with Gasteiger partial charge in [0.1, 0.15) is 6.10 Å². The molecule has 1 aliphatic carbocycles. The van der Waals surface area contributed by atoms with Gasteiger partial charge in [-0.15, -0.1) is 11.3 Å². The minimum atomic E-state index is -0.322. The molecule has 0 amide bonds. The van der Waals surface area contributed by atoms with Gasteiger partial charge in [0, 0.05) is 6.04 Å². The van der Waals surface area contributed by atoms with Gasteiger partial charge in [-0.2, -0.15) is 0 Å². The summed E-state index contributed by atoms with van der Waals surface area (Å²) in [6, 6.07) is 0.732. The number of ether oxygens (including phenoxy) is 2. The number of aryl methyl sites for hydroxylation is 1. The van der Waals surface area contributed by atoms with Crippen LogP contribution < -0.4 is 4.74 Å². The van der Waals surface area contributed by atoms with Crippen LogP contribution in [0, 0.1) is 6.92 Å². The number of likely N-dealkylation sites (tertiary alicyclic amines) is 1. The summed E-state index contributed by atoms with van der Waals surface area (Å²) in [7, 11) is 0. The molecule has 1 saturated carbocycles. The largest absolute Gasteiger partial charge is 0.473 e. The van der Waals surface area contributed by atoms with Crippen LogP contribution in [0.25, 0.3) is 0 Å². The molecule has 3 rings (SSSR count). The summed E-state index contributed by atoms with van der Waals surface area (Å²) in [5, 5.41) is 0.840. The van der Waals surface area contributed by atoms with E-state index >= 15 is 0 Å². The van der Waals surface area contributed by atoms with Gasteiger partial charge in [-0.05, 0) is 59.0 Å². The molecule has 5 nitrogen and oxygen atoms in total. The second-order valence-corrected chi connectivity index (χ2v) is 7.23. The molecule has 22 heavy (non-hydrogen) atoms. The number of hydrogen-bond donors (Lipinski definition) is 0. The topological polar surface area (TPSA) is 51.7 Å². The van der Waals surface area contributed by atoms with E-state index < -0.39 is 0 Å². The highest BCUT2D eigenvalue weighted by atomic mass is 32.1. The maximum atomic E-state index is 12.0. The molecule has 1 saturated heterocycles. The van der Waals surface area contributed by atoms with Crippen LogP contribution in [0.2, 0.25) is 0 Å². The van der Waals surface area contributed by atoms with E-state index in [2.05, 4.69) is 9.88 Å². The molecule has 0 atom stereocenters. The summed E-state index contributed by atoms with van der Waals surface area (Å²) in [6.07, 6.45) is 5.97. The van der Waals surface area contributed by atoms with Crippen LogP contribution in [-0.2, 0) is 4.74 Å². The van der Waals surface area contributed by atoms with E-state index in [-0.39, 0.29) is 12.1 Å². The second-order valence-electron chi connectivity index (χ2n) is 6.03. The molecule has 0 radical (unpaired) electrons. The maximum absolute atomic E-state index is 12.0. The van der Waals surface area contributed by atoms with Gasteiger partial charge in [0.15, 0.2) is 4.88 Å². The molecule has 0 unspecified atom stereocenters. The van der Waals surface area contributed by atoms with Gasteiger partial charge in [-0.1, -0.05) is 0 Å². The first-order valence-electron chi connectivity index (χ1n) is 8.22. The third kappa shape index (κ3) is 3.43. The molecule has 6 heteroatoms. The summed E-state index contributed by atoms with van der Waals surface area (Å²) >= 11 is 1.35. The zero-order chi connectivity index (χ0) is 15.5. The summed E-state index contributed by atoms with van der Waals surface area (Å²) < 4.78 is 11.1. The summed E-state index contributed by atoms with van der Waals surface area (Å²) in [5.41, 5.74) is 0. The molecule has 0 spiro atoms. The average Bonchev–Trinajstić information content (AvgIpc) is 2.80. The van der Waals surface area contributed by atoms with E-state index in [0.717, 1.165) is 23.9 Å². The monoisotopic (exact) mass is 324 g/mol. The average molecular weight is 324 g/mol. The molecule has 1 aromatic heterocycles. The summed E-state index contributed by atoms with van der Waals surface area (Å²) in [4.78, 5) is 19.4. The third-order valence-corrected chi connectivity index (χ3v) is 5.43. The Hall–Kier alpha value is -1.14. The molecule has 122 valence electrons. The number of thiazole rings is 1. The number of nitrogens with zero attached hydrogens (tertiary/aromatic N) is 2. The van der Waals surface area contributed by atoms with Crippen molar-refractivity contribution in [2.45, 2.75) is 58.1 Å². The van der Waals surface area contributed by atoms with Crippen molar-refractivity contribution in [3.63, 3.8) is 0 Å². The molecule has 2 heterocycles. The van der Waals surface area contributed by atoms with Crippen molar-refractivity contribution in [3.8, 4) is 5.88 Å². The Morgan fingerprint density at radius 3 is 2.64 bits per heavy atom. The number of esters is 1. The molecular weight excluding hydrogens is 300 g/mol. The Bertz CT molecular complexity index is 519. The van der Waals surface area contributed by atoms with Gasteiger partial charge < -0.3 is 14.4 Å². The normalized spacial score (nSPS) is 25.5. The lowest BCUT2D eigenvalue weighted by Crippen LogP contribution is -2.47. The van der Waals surface area contributed by atoms with Crippen molar-refractivity contribution in [2.75, 3.05) is 19.7 Å². The maximum Gasteiger partial charge on any atom is 0.353 e. The van der Waals surface area contributed by atoms with E-state index in [0.29, 0.717) is 17.4 Å². The standard InChI is InChI=1S/C16H24N2O3S/c1-3-20-16(19)14-15(17-11(2)22-14)21-13-7-5-12(6-8-13)18-9-4-10-18/h12-13H,3-10H2,1-2H3. The number of hydrogen-bond acceptors (Lipinski definition) is 6. The van der Waals surface area contributed by atoms with E-state index in [1.807, 2.05) is 13.8 Å². The molecule has 0 N–H and O–H groups in total. The molecule has 1 aliphatic heterocycles. The van der Waals surface area contributed by atoms with Crippen molar-refractivity contribution in [1.82, 2.24) is 9.88 Å². The highest BCUT2D eigenvalue weighted by Gasteiger charge is 2.30. The Morgan fingerprint density at radius 2 is 2.05 bits per heavy atom. The first-order valence-corrected chi connectivity index (χ1v) is 9.04. The van der Waals surface area contributed by atoms with Gasteiger partial charge in [-0.3, -0.25) is 0 Å². The highest BCUT2D eigenvalue weighted by molar-refractivity contribution is 7.13. The predicted octanol–water partition coefficient (Wildman–Crippen LogP) is 3.02. The molecular formula is C16H24N2O3S. The van der Waals surface area contributed by atoms with Crippen molar-refractivity contribution in [1.29, 1.82) is 0 Å². The molecule has 1 aromatic rings. The minimum Gasteiger partial charge on any atom is -0.473 e. The zero-order valence-electron chi connectivity index (χ0n) is 13.3. The van der Waals surface area contributed by atoms with E-state index in [1.54, 1.807) is 0 Å². The van der Waals surface area contributed by atoms with Crippen LogP contribution in [0.15, 0.2) is 0 Å². The first kappa shape index (κ1) is 15.7. The fraction of sp³-hybridized carbons (Fsp3) is 0.750. The quantitative estimate of drug-likeness (QED) is 0.779. The Balaban J connectivity index is 1.58. The van der Waals surface area contributed by atoms with Crippen LogP contribution >= 0.6 is 11.3 Å².